The van der Waals surface area contributed by atoms with Gasteiger partial charge in [-0.3, -0.25) is 0 Å². The number of aromatic nitrogens is 1. The molecule has 0 spiro atoms. The normalized spacial score (nSPS) is 14.9. The van der Waals surface area contributed by atoms with E-state index in [9.17, 15) is 0 Å². The number of nitrogens with zero attached hydrogens (tertiary/aromatic N) is 4. The fraction of sp³-hybridized carbons (Fsp3) is 0.385. The molecule has 0 N–H and O–H groups in total. The highest BCUT2D eigenvalue weighted by Crippen LogP contribution is 2.41. The van der Waals surface area contributed by atoms with E-state index < -0.39 is 0 Å². The maximum atomic E-state index is 8.37. The first-order chi connectivity index (χ1) is 8.29. The maximum absolute atomic E-state index is 8.37. The van der Waals surface area contributed by atoms with E-state index in [1.165, 1.54) is 29.3 Å². The maximum Gasteiger partial charge on any atom is 0.0664 e. The summed E-state index contributed by atoms with van der Waals surface area (Å²) in [6.45, 7) is 0.417. The van der Waals surface area contributed by atoms with E-state index in [4.69, 9.17) is 5.53 Å². The smallest absolute Gasteiger partial charge is 0.0664 e. The highest BCUT2D eigenvalue weighted by Gasteiger charge is 2.23. The van der Waals surface area contributed by atoms with Gasteiger partial charge in [0.2, 0.25) is 0 Å². The summed E-state index contributed by atoms with van der Waals surface area (Å²) in [6.07, 6.45) is 2.65. The van der Waals surface area contributed by atoms with Crippen molar-refractivity contribution in [3.63, 3.8) is 0 Å². The highest BCUT2D eigenvalue weighted by molar-refractivity contribution is 5.82. The molecule has 4 heteroatoms. The van der Waals surface area contributed by atoms with Crippen LogP contribution in [0.4, 0.5) is 0 Å². The van der Waals surface area contributed by atoms with Crippen LogP contribution in [0.1, 0.15) is 30.0 Å². The van der Waals surface area contributed by atoms with Gasteiger partial charge < -0.3 is 4.57 Å². The predicted molar refractivity (Wildman–Crippen MR) is 67.7 cm³/mol. The molecule has 1 heterocycles. The first-order valence-corrected chi connectivity index (χ1v) is 5.88. The number of hydrogen-bond donors (Lipinski definition) is 0. The average Bonchev–Trinajstić information content (AvgIpc) is 3.13. The van der Waals surface area contributed by atoms with Gasteiger partial charge in [0, 0.05) is 28.6 Å². The number of azide groups is 1. The predicted octanol–water partition coefficient (Wildman–Crippen LogP) is 3.87. The lowest BCUT2D eigenvalue weighted by molar-refractivity contribution is 0.845. The number of aryl methyl sites for hydroxylation is 1. The van der Waals surface area contributed by atoms with Gasteiger partial charge in [-0.1, -0.05) is 11.2 Å². The van der Waals surface area contributed by atoms with Crippen LogP contribution in [0.15, 0.2) is 29.4 Å². The molecule has 1 aromatic carbocycles. The number of hydrogen-bond acceptors (Lipinski definition) is 1. The van der Waals surface area contributed by atoms with Crippen LogP contribution in [-0.2, 0) is 13.6 Å². The van der Waals surface area contributed by atoms with E-state index in [1.54, 1.807) is 0 Å². The van der Waals surface area contributed by atoms with Gasteiger partial charge in [-0.15, -0.1) is 0 Å². The van der Waals surface area contributed by atoms with Crippen LogP contribution in [0.2, 0.25) is 0 Å². The molecule has 17 heavy (non-hydrogen) atoms. The first-order valence-electron chi connectivity index (χ1n) is 5.88. The molecule has 2 aromatic rings. The summed E-state index contributed by atoms with van der Waals surface area (Å²) in [7, 11) is 2.02. The van der Waals surface area contributed by atoms with Crippen molar-refractivity contribution in [2.45, 2.75) is 25.3 Å². The number of rotatable bonds is 3. The van der Waals surface area contributed by atoms with Crippen LogP contribution in [0.5, 0.6) is 0 Å². The Labute approximate surface area is 99.5 Å². The zero-order chi connectivity index (χ0) is 11.8. The van der Waals surface area contributed by atoms with E-state index in [0.717, 1.165) is 11.6 Å². The topological polar surface area (TPSA) is 53.7 Å². The average molecular weight is 226 g/mol. The minimum absolute atomic E-state index is 0.417. The van der Waals surface area contributed by atoms with Crippen LogP contribution in [0.25, 0.3) is 21.3 Å². The molecule has 1 aromatic heterocycles. The molecule has 0 unspecified atom stereocenters. The van der Waals surface area contributed by atoms with Gasteiger partial charge in [0.1, 0.15) is 0 Å². The summed E-state index contributed by atoms with van der Waals surface area (Å²) in [5.41, 5.74) is 12.1. The van der Waals surface area contributed by atoms with Crippen molar-refractivity contribution >= 4 is 10.9 Å². The molecule has 1 aliphatic carbocycles. The monoisotopic (exact) mass is 226 g/mol. The first kappa shape index (κ1) is 10.2. The minimum Gasteiger partial charge on any atom is -0.348 e. The van der Waals surface area contributed by atoms with Crippen molar-refractivity contribution in [2.75, 3.05) is 0 Å². The molecule has 3 rings (SSSR count). The van der Waals surface area contributed by atoms with Gasteiger partial charge in [0.15, 0.2) is 0 Å². The van der Waals surface area contributed by atoms with Gasteiger partial charge in [0.25, 0.3) is 0 Å². The molecule has 4 nitrogen and oxygen atoms in total. The number of fused-ring (bicyclic) bond motifs is 1. The molecule has 1 saturated carbocycles. The highest BCUT2D eigenvalue weighted by atomic mass is 15.1. The van der Waals surface area contributed by atoms with Crippen molar-refractivity contribution in [3.8, 4) is 0 Å². The van der Waals surface area contributed by atoms with E-state index in [1.807, 2.05) is 7.05 Å². The van der Waals surface area contributed by atoms with E-state index in [0.29, 0.717) is 6.54 Å². The summed E-state index contributed by atoms with van der Waals surface area (Å²) in [5.74, 6) is 0.778. The second-order valence-corrected chi connectivity index (χ2v) is 4.68. The van der Waals surface area contributed by atoms with Gasteiger partial charge in [-0.05, 0) is 48.1 Å². The zero-order valence-electron chi connectivity index (χ0n) is 9.80. The Bertz CT molecular complexity index is 616. The third-order valence-electron chi connectivity index (χ3n) is 3.51. The molecule has 0 saturated heterocycles. The van der Waals surface area contributed by atoms with Crippen LogP contribution in [0, 0.1) is 0 Å². The Hall–Kier alpha value is -1.93. The minimum atomic E-state index is 0.417. The number of benzene rings is 1. The van der Waals surface area contributed by atoms with Gasteiger partial charge >= 0.3 is 0 Å². The Morgan fingerprint density at radius 2 is 2.24 bits per heavy atom. The zero-order valence-corrected chi connectivity index (χ0v) is 9.80. The van der Waals surface area contributed by atoms with E-state index in [2.05, 4.69) is 38.9 Å². The summed E-state index contributed by atoms with van der Waals surface area (Å²) >= 11 is 0. The molecule has 86 valence electrons. The Morgan fingerprint density at radius 1 is 1.41 bits per heavy atom. The molecule has 1 fully saturated rings. The fourth-order valence-corrected chi connectivity index (χ4v) is 2.35. The second-order valence-electron chi connectivity index (χ2n) is 4.68. The largest absolute Gasteiger partial charge is 0.348 e. The molecule has 0 atom stereocenters. The molecule has 0 radical (unpaired) electrons. The van der Waals surface area contributed by atoms with Gasteiger partial charge in [-0.25, -0.2) is 0 Å². The molecule has 0 amide bonds. The standard InChI is InChI=1S/C13H14N4/c1-17-12(8-15-16-14)7-11-6-10(9-2-3-9)4-5-13(11)17/h4-7,9H,2-3,8H2,1H3. The van der Waals surface area contributed by atoms with E-state index in [-0.39, 0.29) is 0 Å². The molecular formula is C13H14N4. The molecule has 0 aliphatic heterocycles. The quantitative estimate of drug-likeness (QED) is 0.433. The van der Waals surface area contributed by atoms with Crippen molar-refractivity contribution in [1.29, 1.82) is 0 Å². The van der Waals surface area contributed by atoms with E-state index >= 15 is 0 Å². The third-order valence-corrected chi connectivity index (χ3v) is 3.51. The summed E-state index contributed by atoms with van der Waals surface area (Å²) in [5, 5.41) is 4.88. The fourth-order valence-electron chi connectivity index (χ4n) is 2.35. The third kappa shape index (κ3) is 1.77. The van der Waals surface area contributed by atoms with Crippen molar-refractivity contribution < 1.29 is 0 Å². The van der Waals surface area contributed by atoms with Crippen LogP contribution in [-0.4, -0.2) is 4.57 Å². The van der Waals surface area contributed by atoms with Gasteiger partial charge in [0.05, 0.1) is 6.54 Å². The van der Waals surface area contributed by atoms with Crippen LogP contribution >= 0.6 is 0 Å². The SMILES string of the molecule is Cn1c(CN=[N+]=[N-])cc2cc(C3CC3)ccc21. The molecular weight excluding hydrogens is 212 g/mol. The van der Waals surface area contributed by atoms with Crippen LogP contribution in [0.3, 0.4) is 0 Å². The lowest BCUT2D eigenvalue weighted by Gasteiger charge is -2.01. The summed E-state index contributed by atoms with van der Waals surface area (Å²) in [4.78, 5) is 2.81. The van der Waals surface area contributed by atoms with Gasteiger partial charge in [-0.2, -0.15) is 0 Å². The van der Waals surface area contributed by atoms with Crippen molar-refractivity contribution in [1.82, 2.24) is 4.57 Å². The molecule has 1 aliphatic rings. The van der Waals surface area contributed by atoms with Crippen molar-refractivity contribution in [3.05, 3.63) is 46.0 Å². The van der Waals surface area contributed by atoms with Crippen LogP contribution < -0.4 is 0 Å². The Kier molecular flexibility index (Phi) is 2.30. The summed E-state index contributed by atoms with van der Waals surface area (Å²) < 4.78 is 2.10. The lowest BCUT2D eigenvalue weighted by Crippen LogP contribution is -1.93. The Morgan fingerprint density at radius 3 is 2.94 bits per heavy atom. The van der Waals surface area contributed by atoms with Crippen molar-refractivity contribution in [2.24, 2.45) is 12.2 Å². The lowest BCUT2D eigenvalue weighted by atomic mass is 10.1. The Balaban J connectivity index is 2.07. The summed E-state index contributed by atoms with van der Waals surface area (Å²) in [6, 6.07) is 8.78. The molecule has 0 bridgehead atoms. The second kappa shape index (κ2) is 3.82.